The van der Waals surface area contributed by atoms with Crippen molar-refractivity contribution < 1.29 is 14.7 Å². The molecule has 1 saturated carbocycles. The summed E-state index contributed by atoms with van der Waals surface area (Å²) < 4.78 is 0. The van der Waals surface area contributed by atoms with Crippen molar-refractivity contribution in [3.05, 3.63) is 29.8 Å². The molecule has 0 radical (unpaired) electrons. The van der Waals surface area contributed by atoms with Crippen LogP contribution in [0.4, 0.5) is 5.69 Å². The largest absolute Gasteiger partial charge is 0.480 e. The fourth-order valence-corrected chi connectivity index (χ4v) is 2.09. The summed E-state index contributed by atoms with van der Waals surface area (Å²) in [5, 5.41) is 7.98. The summed E-state index contributed by atoms with van der Waals surface area (Å²) >= 11 is 0. The number of carbonyl (C=O) groups is 2. The highest BCUT2D eigenvalue weighted by Gasteiger charge is 2.06. The van der Waals surface area contributed by atoms with Crippen LogP contribution in [-0.2, 0) is 4.79 Å². The Balaban J connectivity index is 0.000000362. The molecule has 0 saturated heterocycles. The van der Waals surface area contributed by atoms with Crippen LogP contribution >= 0.6 is 0 Å². The molecule has 7 heteroatoms. The molecule has 142 valence electrons. The van der Waals surface area contributed by atoms with E-state index in [1.807, 2.05) is 43.3 Å². The number of nitrogens with two attached hydrogens (primary N) is 3. The second-order valence-corrected chi connectivity index (χ2v) is 6.18. The van der Waals surface area contributed by atoms with Gasteiger partial charge in [-0.2, -0.15) is 0 Å². The maximum Gasteiger partial charge on any atom is 0.321 e. The highest BCUT2D eigenvalue weighted by molar-refractivity contribution is 5.75. The van der Waals surface area contributed by atoms with E-state index in [0.29, 0.717) is 6.04 Å². The number of rotatable bonds is 4. The van der Waals surface area contributed by atoms with Gasteiger partial charge in [-0.05, 0) is 37.1 Å². The van der Waals surface area contributed by atoms with E-state index in [9.17, 15) is 9.59 Å². The van der Waals surface area contributed by atoms with E-state index < -0.39 is 12.0 Å². The van der Waals surface area contributed by atoms with E-state index in [-0.39, 0.29) is 6.54 Å². The van der Waals surface area contributed by atoms with E-state index in [2.05, 4.69) is 0 Å². The molecule has 0 amide bonds. The van der Waals surface area contributed by atoms with Crippen LogP contribution in [0.1, 0.15) is 42.5 Å². The lowest BCUT2D eigenvalue weighted by Crippen LogP contribution is -2.37. The van der Waals surface area contributed by atoms with Crippen LogP contribution in [0.3, 0.4) is 0 Å². The van der Waals surface area contributed by atoms with Crippen LogP contribution in [0.15, 0.2) is 24.3 Å². The molecule has 1 aliphatic carbocycles. The van der Waals surface area contributed by atoms with Crippen LogP contribution in [0, 0.1) is 0 Å². The van der Waals surface area contributed by atoms with Crippen molar-refractivity contribution in [2.24, 2.45) is 17.2 Å². The Morgan fingerprint density at radius 2 is 1.76 bits per heavy atom. The fourth-order valence-electron chi connectivity index (χ4n) is 2.09. The third-order valence-corrected chi connectivity index (χ3v) is 3.77. The second kappa shape index (κ2) is 13.3. The minimum absolute atomic E-state index is 0.00463. The Labute approximate surface area is 150 Å². The zero-order valence-corrected chi connectivity index (χ0v) is 15.2. The summed E-state index contributed by atoms with van der Waals surface area (Å²) in [6.45, 7) is -0.00463. The van der Waals surface area contributed by atoms with Crippen LogP contribution in [0.25, 0.3) is 0 Å². The van der Waals surface area contributed by atoms with E-state index >= 15 is 0 Å². The Morgan fingerprint density at radius 3 is 2.00 bits per heavy atom. The van der Waals surface area contributed by atoms with Gasteiger partial charge in [-0.15, -0.1) is 0 Å². The van der Waals surface area contributed by atoms with Crippen molar-refractivity contribution >= 4 is 17.9 Å². The number of hydrogen-bond donors (Lipinski definition) is 4. The molecule has 7 N–H and O–H groups in total. The summed E-state index contributed by atoms with van der Waals surface area (Å²) in [4.78, 5) is 22.0. The molecule has 1 aromatic rings. The zero-order chi connectivity index (χ0) is 19.2. The average molecular weight is 352 g/mol. The number of aliphatic carboxylic acids is 1. The molecule has 1 unspecified atom stereocenters. The molecule has 2 rings (SSSR count). The number of benzene rings is 1. The van der Waals surface area contributed by atoms with E-state index in [1.165, 1.54) is 32.1 Å². The van der Waals surface area contributed by atoms with E-state index in [4.69, 9.17) is 22.3 Å². The average Bonchev–Trinajstić information content (AvgIpc) is 2.62. The number of anilines is 1. The number of hydrogen-bond acceptors (Lipinski definition) is 6. The quantitative estimate of drug-likeness (QED) is 0.598. The summed E-state index contributed by atoms with van der Waals surface area (Å²) in [5.74, 6) is -1.05. The lowest BCUT2D eigenvalue weighted by atomic mass is 9.97. The van der Waals surface area contributed by atoms with Gasteiger partial charge >= 0.3 is 5.97 Å². The minimum atomic E-state index is -1.05. The summed E-state index contributed by atoms with van der Waals surface area (Å²) in [5.41, 5.74) is 17.2. The molecular weight excluding hydrogens is 320 g/mol. The highest BCUT2D eigenvalue weighted by Crippen LogP contribution is 2.14. The number of carboxylic acid groups (broad SMARTS) is 1. The van der Waals surface area contributed by atoms with Gasteiger partial charge < -0.3 is 27.2 Å². The Hall–Kier alpha value is -1.96. The summed E-state index contributed by atoms with van der Waals surface area (Å²) in [6.07, 6.45) is 7.51. The normalized spacial score (nSPS) is 14.9. The molecule has 0 heterocycles. The Bertz CT molecular complexity index is 486. The van der Waals surface area contributed by atoms with Crippen LogP contribution in [0.2, 0.25) is 0 Å². The van der Waals surface area contributed by atoms with Gasteiger partial charge in [0.2, 0.25) is 0 Å². The van der Waals surface area contributed by atoms with Crippen LogP contribution in [0.5, 0.6) is 0 Å². The number of carboxylic acids is 1. The van der Waals surface area contributed by atoms with Crippen molar-refractivity contribution in [1.82, 2.24) is 0 Å². The maximum absolute atomic E-state index is 10.3. The molecule has 1 aliphatic rings. The third-order valence-electron chi connectivity index (χ3n) is 3.77. The number of aldehydes is 1. The molecule has 1 atom stereocenters. The lowest BCUT2D eigenvalue weighted by molar-refractivity contribution is -0.138. The predicted octanol–water partition coefficient (Wildman–Crippen LogP) is 1.20. The second-order valence-electron chi connectivity index (χ2n) is 6.18. The summed E-state index contributed by atoms with van der Waals surface area (Å²) in [6, 6.07) is 7.09. The van der Waals surface area contributed by atoms with Crippen LogP contribution in [-0.4, -0.2) is 50.1 Å². The van der Waals surface area contributed by atoms with Crippen molar-refractivity contribution in [2.45, 2.75) is 44.2 Å². The standard InChI is InChI=1S/C9H11NO.C6H13N.C3H8N2O2/c1-10(2)9-5-3-8(7-11)4-6-9;7-6-4-2-1-3-5-6;4-1-2(5)3(6)7/h3-7H,1-2H3;6H,1-5,7H2;2H,1,4-5H2,(H,6,7). The van der Waals surface area contributed by atoms with Crippen LogP contribution < -0.4 is 22.1 Å². The molecule has 0 aromatic heterocycles. The topological polar surface area (TPSA) is 136 Å². The van der Waals surface area contributed by atoms with Gasteiger partial charge in [0.1, 0.15) is 12.3 Å². The molecule has 1 fully saturated rings. The monoisotopic (exact) mass is 352 g/mol. The van der Waals surface area contributed by atoms with Crippen molar-refractivity contribution in [3.8, 4) is 0 Å². The fraction of sp³-hybridized carbons (Fsp3) is 0.556. The van der Waals surface area contributed by atoms with E-state index in [0.717, 1.165) is 17.5 Å². The smallest absolute Gasteiger partial charge is 0.321 e. The molecule has 1 aromatic carbocycles. The van der Waals surface area contributed by atoms with Crippen molar-refractivity contribution in [2.75, 3.05) is 25.5 Å². The summed E-state index contributed by atoms with van der Waals surface area (Å²) in [7, 11) is 3.94. The van der Waals surface area contributed by atoms with E-state index in [1.54, 1.807) is 0 Å². The van der Waals surface area contributed by atoms with Gasteiger partial charge in [-0.1, -0.05) is 19.3 Å². The first-order chi connectivity index (χ1) is 11.8. The Morgan fingerprint density at radius 1 is 1.24 bits per heavy atom. The first-order valence-electron chi connectivity index (χ1n) is 8.48. The zero-order valence-electron chi connectivity index (χ0n) is 15.2. The van der Waals surface area contributed by atoms with Gasteiger partial charge in [0.15, 0.2) is 0 Å². The number of nitrogens with zero attached hydrogens (tertiary/aromatic N) is 1. The van der Waals surface area contributed by atoms with Gasteiger partial charge in [-0.3, -0.25) is 9.59 Å². The first-order valence-corrected chi connectivity index (χ1v) is 8.48. The SMILES string of the molecule is CN(C)c1ccc(C=O)cc1.NC1CCCCC1.NCC(N)C(=O)O. The predicted molar refractivity (Wildman–Crippen MR) is 102 cm³/mol. The molecule has 0 spiro atoms. The number of carbonyl (C=O) groups excluding carboxylic acids is 1. The third kappa shape index (κ3) is 11.3. The highest BCUT2D eigenvalue weighted by atomic mass is 16.4. The molecule has 0 aliphatic heterocycles. The van der Waals surface area contributed by atoms with Crippen molar-refractivity contribution in [1.29, 1.82) is 0 Å². The molecule has 7 nitrogen and oxygen atoms in total. The van der Waals surface area contributed by atoms with Gasteiger partial charge in [0.05, 0.1) is 0 Å². The van der Waals surface area contributed by atoms with Gasteiger partial charge in [-0.25, -0.2) is 0 Å². The van der Waals surface area contributed by atoms with Gasteiger partial charge in [0.25, 0.3) is 0 Å². The Kier molecular flexibility index (Phi) is 12.3. The minimum Gasteiger partial charge on any atom is -0.480 e. The molecular formula is C18H32N4O3. The van der Waals surface area contributed by atoms with Gasteiger partial charge in [0, 0.05) is 37.9 Å². The molecule has 25 heavy (non-hydrogen) atoms. The molecule has 0 bridgehead atoms. The first kappa shape index (κ1) is 23.0. The lowest BCUT2D eigenvalue weighted by Gasteiger charge is -2.15. The maximum atomic E-state index is 10.3. The van der Waals surface area contributed by atoms with Crippen molar-refractivity contribution in [3.63, 3.8) is 0 Å².